The third-order valence-electron chi connectivity index (χ3n) is 1.71. The van der Waals surface area contributed by atoms with Crippen LogP contribution < -0.4 is 0 Å². The SMILES string of the molecule is CC(=O)OC(Cl)/C(=N/O)c1cccc(Cl)c1. The van der Waals surface area contributed by atoms with Gasteiger partial charge in [0.1, 0.15) is 5.71 Å². The van der Waals surface area contributed by atoms with Gasteiger partial charge in [0.05, 0.1) is 0 Å². The highest BCUT2D eigenvalue weighted by Gasteiger charge is 2.18. The molecule has 1 aromatic rings. The summed E-state index contributed by atoms with van der Waals surface area (Å²) in [6.07, 6.45) is 0. The molecule has 0 amide bonds. The number of nitrogens with zero attached hydrogens (tertiary/aromatic N) is 1. The van der Waals surface area contributed by atoms with E-state index in [-0.39, 0.29) is 5.71 Å². The lowest BCUT2D eigenvalue weighted by atomic mass is 10.1. The number of esters is 1. The van der Waals surface area contributed by atoms with Gasteiger partial charge >= 0.3 is 5.97 Å². The molecule has 0 aliphatic carbocycles. The molecule has 1 rings (SSSR count). The second-order valence-electron chi connectivity index (χ2n) is 2.92. The lowest BCUT2D eigenvalue weighted by Gasteiger charge is -2.11. The lowest BCUT2D eigenvalue weighted by molar-refractivity contribution is -0.140. The highest BCUT2D eigenvalue weighted by atomic mass is 35.5. The second kappa shape index (κ2) is 5.72. The normalized spacial score (nSPS) is 13.3. The van der Waals surface area contributed by atoms with Crippen molar-refractivity contribution in [1.82, 2.24) is 0 Å². The number of oxime groups is 1. The summed E-state index contributed by atoms with van der Waals surface area (Å²) >= 11 is 11.5. The fourth-order valence-electron chi connectivity index (χ4n) is 1.08. The van der Waals surface area contributed by atoms with E-state index in [0.717, 1.165) is 0 Å². The molecule has 0 spiro atoms. The predicted octanol–water partition coefficient (Wildman–Crippen LogP) is 2.65. The van der Waals surface area contributed by atoms with Crippen molar-refractivity contribution in [3.8, 4) is 0 Å². The quantitative estimate of drug-likeness (QED) is 0.299. The zero-order valence-electron chi connectivity index (χ0n) is 8.35. The number of carbonyl (C=O) groups excluding carboxylic acids is 1. The van der Waals surface area contributed by atoms with Crippen molar-refractivity contribution in [2.75, 3.05) is 0 Å². The fraction of sp³-hybridized carbons (Fsp3) is 0.200. The summed E-state index contributed by atoms with van der Waals surface area (Å²) < 4.78 is 4.69. The molecule has 4 nitrogen and oxygen atoms in total. The van der Waals surface area contributed by atoms with E-state index < -0.39 is 11.5 Å². The van der Waals surface area contributed by atoms with Gasteiger partial charge in [0.15, 0.2) is 0 Å². The molecule has 1 unspecified atom stereocenters. The molecule has 0 bridgehead atoms. The van der Waals surface area contributed by atoms with Crippen LogP contribution in [-0.4, -0.2) is 22.5 Å². The van der Waals surface area contributed by atoms with Crippen LogP contribution in [0, 0.1) is 0 Å². The third-order valence-corrected chi connectivity index (χ3v) is 2.24. The lowest BCUT2D eigenvalue weighted by Crippen LogP contribution is -2.21. The Bertz CT molecular complexity index is 420. The van der Waals surface area contributed by atoms with Crippen molar-refractivity contribution in [1.29, 1.82) is 0 Å². The van der Waals surface area contributed by atoms with Gasteiger partial charge in [-0.25, -0.2) is 0 Å². The van der Waals surface area contributed by atoms with Gasteiger partial charge in [-0.2, -0.15) is 0 Å². The Morgan fingerprint density at radius 2 is 2.25 bits per heavy atom. The first-order valence-electron chi connectivity index (χ1n) is 4.33. The number of rotatable bonds is 3. The van der Waals surface area contributed by atoms with E-state index in [4.69, 9.17) is 33.1 Å². The zero-order valence-corrected chi connectivity index (χ0v) is 9.87. The topological polar surface area (TPSA) is 58.9 Å². The number of hydrogen-bond donors (Lipinski definition) is 1. The standard InChI is InChI=1S/C10H9Cl2NO3/c1-6(14)16-10(12)9(13-15)7-3-2-4-8(11)5-7/h2-5,10,15H,1H3/b13-9+. The maximum Gasteiger partial charge on any atom is 0.304 e. The van der Waals surface area contributed by atoms with Crippen LogP contribution in [0.4, 0.5) is 0 Å². The molecule has 0 aliphatic heterocycles. The smallest absolute Gasteiger partial charge is 0.304 e. The summed E-state index contributed by atoms with van der Waals surface area (Å²) in [6.45, 7) is 1.21. The average molecular weight is 262 g/mol. The molecule has 1 aromatic carbocycles. The average Bonchev–Trinajstić information content (AvgIpc) is 2.17. The molecule has 0 saturated heterocycles. The van der Waals surface area contributed by atoms with Crippen molar-refractivity contribution < 1.29 is 14.7 Å². The molecule has 0 radical (unpaired) electrons. The van der Waals surface area contributed by atoms with Gasteiger partial charge in [-0.05, 0) is 12.1 Å². The first-order chi connectivity index (χ1) is 7.54. The van der Waals surface area contributed by atoms with Crippen molar-refractivity contribution in [3.05, 3.63) is 34.9 Å². The van der Waals surface area contributed by atoms with Gasteiger partial charge in [0, 0.05) is 17.5 Å². The van der Waals surface area contributed by atoms with Crippen LogP contribution in [0.3, 0.4) is 0 Å². The summed E-state index contributed by atoms with van der Waals surface area (Å²) in [6, 6.07) is 6.52. The van der Waals surface area contributed by atoms with Gasteiger partial charge in [0.2, 0.25) is 5.56 Å². The minimum absolute atomic E-state index is 0.0272. The maximum absolute atomic E-state index is 10.7. The molecule has 1 N–H and O–H groups in total. The minimum atomic E-state index is -1.15. The van der Waals surface area contributed by atoms with Gasteiger partial charge < -0.3 is 9.94 Å². The fourth-order valence-corrected chi connectivity index (χ4v) is 1.57. The zero-order chi connectivity index (χ0) is 12.1. The molecular weight excluding hydrogens is 253 g/mol. The molecular formula is C10H9Cl2NO3. The first kappa shape index (κ1) is 12.8. The monoisotopic (exact) mass is 261 g/mol. The minimum Gasteiger partial charge on any atom is -0.440 e. The van der Waals surface area contributed by atoms with E-state index in [2.05, 4.69) is 5.16 Å². The number of alkyl halides is 1. The Hall–Kier alpha value is -1.26. The van der Waals surface area contributed by atoms with Crippen LogP contribution in [0.5, 0.6) is 0 Å². The largest absolute Gasteiger partial charge is 0.440 e. The molecule has 0 saturated carbocycles. The van der Waals surface area contributed by atoms with Gasteiger partial charge in [-0.3, -0.25) is 4.79 Å². The third kappa shape index (κ3) is 3.40. The van der Waals surface area contributed by atoms with E-state index in [0.29, 0.717) is 10.6 Å². The van der Waals surface area contributed by atoms with Crippen molar-refractivity contribution in [2.24, 2.45) is 5.16 Å². The molecule has 1 atom stereocenters. The van der Waals surface area contributed by atoms with E-state index in [9.17, 15) is 4.79 Å². The number of benzene rings is 1. The Morgan fingerprint density at radius 1 is 1.56 bits per heavy atom. The number of hydrogen-bond acceptors (Lipinski definition) is 4. The van der Waals surface area contributed by atoms with Crippen LogP contribution in [0.15, 0.2) is 29.4 Å². The Balaban J connectivity index is 2.95. The molecule has 0 fully saturated rings. The Labute approximate surface area is 102 Å². The molecule has 86 valence electrons. The van der Waals surface area contributed by atoms with Crippen LogP contribution in [-0.2, 0) is 9.53 Å². The van der Waals surface area contributed by atoms with E-state index in [1.807, 2.05) is 0 Å². The molecule has 16 heavy (non-hydrogen) atoms. The van der Waals surface area contributed by atoms with Gasteiger partial charge in [-0.15, -0.1) is 0 Å². The Morgan fingerprint density at radius 3 is 2.75 bits per heavy atom. The van der Waals surface area contributed by atoms with E-state index in [1.54, 1.807) is 24.3 Å². The van der Waals surface area contributed by atoms with E-state index >= 15 is 0 Å². The maximum atomic E-state index is 10.7. The Kier molecular flexibility index (Phi) is 4.58. The highest BCUT2D eigenvalue weighted by Crippen LogP contribution is 2.16. The molecule has 6 heteroatoms. The van der Waals surface area contributed by atoms with Crippen LogP contribution in [0.25, 0.3) is 0 Å². The number of halogens is 2. The summed E-state index contributed by atoms with van der Waals surface area (Å²) in [5, 5.41) is 12.3. The van der Waals surface area contributed by atoms with Crippen molar-refractivity contribution in [3.63, 3.8) is 0 Å². The molecule has 0 aromatic heterocycles. The summed E-state index contributed by atoms with van der Waals surface area (Å²) in [7, 11) is 0. The van der Waals surface area contributed by atoms with Crippen molar-refractivity contribution in [2.45, 2.75) is 12.5 Å². The first-order valence-corrected chi connectivity index (χ1v) is 5.15. The highest BCUT2D eigenvalue weighted by molar-refractivity contribution is 6.35. The van der Waals surface area contributed by atoms with Crippen LogP contribution in [0.2, 0.25) is 5.02 Å². The molecule has 0 heterocycles. The van der Waals surface area contributed by atoms with Crippen LogP contribution in [0.1, 0.15) is 12.5 Å². The summed E-state index contributed by atoms with van der Waals surface area (Å²) in [4.78, 5) is 10.7. The second-order valence-corrected chi connectivity index (χ2v) is 3.75. The number of carbonyl (C=O) groups is 1. The van der Waals surface area contributed by atoms with Crippen molar-refractivity contribution >= 4 is 34.9 Å². The summed E-state index contributed by atoms with van der Waals surface area (Å²) in [5.41, 5.74) is -0.642. The predicted molar refractivity (Wildman–Crippen MR) is 61.2 cm³/mol. The molecule has 0 aliphatic rings. The summed E-state index contributed by atoms with van der Waals surface area (Å²) in [5.74, 6) is -0.567. The van der Waals surface area contributed by atoms with E-state index in [1.165, 1.54) is 6.92 Å². The van der Waals surface area contributed by atoms with Gasteiger partial charge in [0.25, 0.3) is 0 Å². The van der Waals surface area contributed by atoms with Gasteiger partial charge in [-0.1, -0.05) is 40.5 Å². The van der Waals surface area contributed by atoms with Crippen LogP contribution >= 0.6 is 23.2 Å². The number of ether oxygens (including phenoxy) is 1.